The van der Waals surface area contributed by atoms with E-state index in [0.29, 0.717) is 0 Å². The first-order chi connectivity index (χ1) is 5.59. The molecule has 0 aliphatic rings. The molecule has 0 amide bonds. The third-order valence-corrected chi connectivity index (χ3v) is 2.08. The summed E-state index contributed by atoms with van der Waals surface area (Å²) in [5, 5.41) is 0.793. The summed E-state index contributed by atoms with van der Waals surface area (Å²) < 4.78 is 0. The van der Waals surface area contributed by atoms with Gasteiger partial charge in [0, 0.05) is 11.1 Å². The lowest BCUT2D eigenvalue weighted by atomic mass is 10.0. The molecule has 0 spiro atoms. The highest BCUT2D eigenvalue weighted by Gasteiger charge is 2.01. The molecular formula is C10H14ClN. The van der Waals surface area contributed by atoms with Crippen molar-refractivity contribution in [2.45, 2.75) is 26.3 Å². The van der Waals surface area contributed by atoms with Gasteiger partial charge in [-0.2, -0.15) is 0 Å². The fourth-order valence-corrected chi connectivity index (χ4v) is 1.46. The van der Waals surface area contributed by atoms with E-state index < -0.39 is 0 Å². The predicted molar refractivity (Wildman–Crippen MR) is 53.5 cm³/mol. The van der Waals surface area contributed by atoms with E-state index in [2.05, 4.69) is 6.92 Å². The van der Waals surface area contributed by atoms with Crippen molar-refractivity contribution in [3.05, 3.63) is 34.3 Å². The van der Waals surface area contributed by atoms with Crippen LogP contribution in [-0.2, 0) is 6.42 Å². The van der Waals surface area contributed by atoms with E-state index in [-0.39, 0.29) is 6.04 Å². The quantitative estimate of drug-likeness (QED) is 0.750. The summed E-state index contributed by atoms with van der Waals surface area (Å²) in [5.74, 6) is 0. The van der Waals surface area contributed by atoms with Crippen LogP contribution in [0.3, 0.4) is 0 Å². The largest absolute Gasteiger partial charge is 0.328 e. The maximum absolute atomic E-state index is 5.82. The normalized spacial score (nSPS) is 13.0. The minimum Gasteiger partial charge on any atom is -0.328 e. The molecule has 0 saturated heterocycles. The standard InChI is InChI=1S/C10H14ClN/c1-7-5-10(11)4-3-9(7)6-8(2)12/h3-5,8H,6,12H2,1-2H3. The Kier molecular flexibility index (Phi) is 3.12. The summed E-state index contributed by atoms with van der Waals surface area (Å²) in [7, 11) is 0. The monoisotopic (exact) mass is 183 g/mol. The van der Waals surface area contributed by atoms with Gasteiger partial charge < -0.3 is 5.73 Å². The molecule has 2 N–H and O–H groups in total. The van der Waals surface area contributed by atoms with Crippen molar-refractivity contribution in [2.75, 3.05) is 0 Å². The van der Waals surface area contributed by atoms with Gasteiger partial charge in [-0.15, -0.1) is 0 Å². The van der Waals surface area contributed by atoms with E-state index in [0.717, 1.165) is 11.4 Å². The van der Waals surface area contributed by atoms with Gasteiger partial charge in [0.2, 0.25) is 0 Å². The Morgan fingerprint density at radius 2 is 2.17 bits per heavy atom. The van der Waals surface area contributed by atoms with Gasteiger partial charge in [-0.1, -0.05) is 17.7 Å². The van der Waals surface area contributed by atoms with Crippen molar-refractivity contribution in [1.29, 1.82) is 0 Å². The number of aryl methyl sites for hydroxylation is 1. The molecule has 1 aromatic rings. The third kappa shape index (κ3) is 2.50. The molecule has 0 bridgehead atoms. The van der Waals surface area contributed by atoms with Crippen LogP contribution in [0.5, 0.6) is 0 Å². The van der Waals surface area contributed by atoms with E-state index in [9.17, 15) is 0 Å². The molecule has 1 unspecified atom stereocenters. The highest BCUT2D eigenvalue weighted by atomic mass is 35.5. The number of nitrogens with two attached hydrogens (primary N) is 1. The number of rotatable bonds is 2. The van der Waals surface area contributed by atoms with Gasteiger partial charge in [-0.25, -0.2) is 0 Å². The van der Waals surface area contributed by atoms with Crippen molar-refractivity contribution in [1.82, 2.24) is 0 Å². The molecule has 0 aliphatic heterocycles. The SMILES string of the molecule is Cc1cc(Cl)ccc1CC(C)N. The third-order valence-electron chi connectivity index (χ3n) is 1.85. The molecule has 1 nitrogen and oxygen atoms in total. The van der Waals surface area contributed by atoms with Gasteiger partial charge in [0.25, 0.3) is 0 Å². The maximum atomic E-state index is 5.82. The molecule has 1 aromatic carbocycles. The topological polar surface area (TPSA) is 26.0 Å². The van der Waals surface area contributed by atoms with E-state index in [1.54, 1.807) is 0 Å². The first kappa shape index (κ1) is 9.56. The van der Waals surface area contributed by atoms with Crippen LogP contribution < -0.4 is 5.73 Å². The zero-order valence-electron chi connectivity index (χ0n) is 7.47. The van der Waals surface area contributed by atoms with Gasteiger partial charge >= 0.3 is 0 Å². The molecule has 0 radical (unpaired) electrons. The average Bonchev–Trinajstić information content (AvgIpc) is 1.94. The van der Waals surface area contributed by atoms with E-state index >= 15 is 0 Å². The number of halogens is 1. The van der Waals surface area contributed by atoms with E-state index in [1.165, 1.54) is 11.1 Å². The van der Waals surface area contributed by atoms with Crippen molar-refractivity contribution < 1.29 is 0 Å². The molecule has 12 heavy (non-hydrogen) atoms. The first-order valence-electron chi connectivity index (χ1n) is 4.10. The van der Waals surface area contributed by atoms with Gasteiger partial charge in [0.05, 0.1) is 0 Å². The van der Waals surface area contributed by atoms with E-state index in [1.807, 2.05) is 25.1 Å². The van der Waals surface area contributed by atoms with Crippen LogP contribution in [0, 0.1) is 6.92 Å². The Labute approximate surface area is 78.5 Å². The second-order valence-corrected chi connectivity index (χ2v) is 3.69. The molecule has 0 saturated carbocycles. The molecule has 0 heterocycles. The van der Waals surface area contributed by atoms with Gasteiger partial charge in [0.15, 0.2) is 0 Å². The lowest BCUT2D eigenvalue weighted by Gasteiger charge is -2.08. The van der Waals surface area contributed by atoms with E-state index in [4.69, 9.17) is 17.3 Å². The minimum absolute atomic E-state index is 0.213. The summed E-state index contributed by atoms with van der Waals surface area (Å²) in [6, 6.07) is 6.14. The molecule has 1 rings (SSSR count). The predicted octanol–water partition coefficient (Wildman–Crippen LogP) is 2.54. The van der Waals surface area contributed by atoms with Crippen LogP contribution in [0.4, 0.5) is 0 Å². The minimum atomic E-state index is 0.213. The first-order valence-corrected chi connectivity index (χ1v) is 4.48. The highest BCUT2D eigenvalue weighted by Crippen LogP contribution is 2.15. The molecule has 0 aromatic heterocycles. The molecule has 1 atom stereocenters. The lowest BCUT2D eigenvalue weighted by molar-refractivity contribution is 0.735. The van der Waals surface area contributed by atoms with Crippen molar-refractivity contribution in [3.8, 4) is 0 Å². The number of hydrogen-bond donors (Lipinski definition) is 1. The van der Waals surface area contributed by atoms with Crippen LogP contribution in [-0.4, -0.2) is 6.04 Å². The maximum Gasteiger partial charge on any atom is 0.0408 e. The zero-order chi connectivity index (χ0) is 9.14. The van der Waals surface area contributed by atoms with Crippen molar-refractivity contribution in [3.63, 3.8) is 0 Å². The van der Waals surface area contributed by atoms with Gasteiger partial charge in [0.1, 0.15) is 0 Å². The van der Waals surface area contributed by atoms with Crippen LogP contribution >= 0.6 is 11.6 Å². The second kappa shape index (κ2) is 3.92. The molecular weight excluding hydrogens is 170 g/mol. The highest BCUT2D eigenvalue weighted by molar-refractivity contribution is 6.30. The van der Waals surface area contributed by atoms with Crippen LogP contribution in [0.2, 0.25) is 5.02 Å². The smallest absolute Gasteiger partial charge is 0.0408 e. The molecule has 2 heteroatoms. The Balaban J connectivity index is 2.86. The molecule has 0 aliphatic carbocycles. The Morgan fingerprint density at radius 3 is 2.67 bits per heavy atom. The summed E-state index contributed by atoms with van der Waals surface area (Å²) in [4.78, 5) is 0. The van der Waals surface area contributed by atoms with Crippen LogP contribution in [0.15, 0.2) is 18.2 Å². The summed E-state index contributed by atoms with van der Waals surface area (Å²) in [6.07, 6.45) is 0.920. The van der Waals surface area contributed by atoms with Crippen molar-refractivity contribution in [2.24, 2.45) is 5.73 Å². The van der Waals surface area contributed by atoms with Crippen molar-refractivity contribution >= 4 is 11.6 Å². The number of benzene rings is 1. The molecule has 0 fully saturated rings. The fourth-order valence-electron chi connectivity index (χ4n) is 1.24. The van der Waals surface area contributed by atoms with Gasteiger partial charge in [-0.05, 0) is 43.5 Å². The Morgan fingerprint density at radius 1 is 1.50 bits per heavy atom. The summed E-state index contributed by atoms with van der Waals surface area (Å²) >= 11 is 5.82. The lowest BCUT2D eigenvalue weighted by Crippen LogP contribution is -2.18. The average molecular weight is 184 g/mol. The van der Waals surface area contributed by atoms with Crippen LogP contribution in [0.25, 0.3) is 0 Å². The van der Waals surface area contributed by atoms with Crippen LogP contribution in [0.1, 0.15) is 18.1 Å². The fraction of sp³-hybridized carbons (Fsp3) is 0.400. The zero-order valence-corrected chi connectivity index (χ0v) is 8.23. The Hall–Kier alpha value is -0.530. The second-order valence-electron chi connectivity index (χ2n) is 3.25. The summed E-state index contributed by atoms with van der Waals surface area (Å²) in [6.45, 7) is 4.07. The Bertz CT molecular complexity index is 269. The summed E-state index contributed by atoms with van der Waals surface area (Å²) in [5.41, 5.74) is 8.21. The molecule has 66 valence electrons. The number of hydrogen-bond acceptors (Lipinski definition) is 1. The van der Waals surface area contributed by atoms with Gasteiger partial charge in [-0.3, -0.25) is 0 Å².